The Morgan fingerprint density at radius 1 is 1.86 bits per heavy atom. The molecule has 0 aromatic heterocycles. The molecule has 0 unspecified atom stereocenters. The molecule has 0 aliphatic carbocycles. The van der Waals surface area contributed by atoms with Crippen LogP contribution in [0.2, 0.25) is 0 Å². The van der Waals surface area contributed by atoms with E-state index in [1.807, 2.05) is 12.0 Å². The maximum Gasteiger partial charge on any atom is 0.0167 e. The maximum absolute atomic E-state index is 3.21. The molecule has 0 aromatic rings. The van der Waals surface area contributed by atoms with Crippen LogP contribution in [0.5, 0.6) is 0 Å². The third-order valence-corrected chi connectivity index (χ3v) is 1.42. The summed E-state index contributed by atoms with van der Waals surface area (Å²) in [5.41, 5.74) is 1.31. The Morgan fingerprint density at radius 3 is 2.57 bits per heavy atom. The summed E-state index contributed by atoms with van der Waals surface area (Å²) in [5.74, 6) is 0. The molecule has 0 aromatic carbocycles. The summed E-state index contributed by atoms with van der Waals surface area (Å²) in [6, 6.07) is 0. The zero-order chi connectivity index (χ0) is 5.70. The van der Waals surface area contributed by atoms with Gasteiger partial charge in [-0.15, -0.1) is 0 Å². The van der Waals surface area contributed by atoms with Gasteiger partial charge in [0.2, 0.25) is 0 Å². The van der Waals surface area contributed by atoms with Gasteiger partial charge in [0.1, 0.15) is 0 Å². The topological polar surface area (TPSA) is 12.0 Å². The van der Waals surface area contributed by atoms with Crippen molar-refractivity contribution in [3.63, 3.8) is 0 Å². The Morgan fingerprint density at radius 2 is 2.43 bits per heavy atom. The third kappa shape index (κ3) is 4.02. The van der Waals surface area contributed by atoms with Crippen molar-refractivity contribution in [3.8, 4) is 0 Å². The monoisotopic (exact) mass is 163 g/mol. The maximum atomic E-state index is 3.21. The minimum Gasteiger partial charge on any atom is -0.316 e. The van der Waals surface area contributed by atoms with Crippen molar-refractivity contribution in [1.82, 2.24) is 5.32 Å². The second kappa shape index (κ2) is 4.34. The van der Waals surface area contributed by atoms with Crippen molar-refractivity contribution in [3.05, 3.63) is 10.6 Å². The highest BCUT2D eigenvalue weighted by molar-refractivity contribution is 9.11. The molecule has 0 heterocycles. The number of hydrogen-bond donors (Lipinski definition) is 1. The Hall–Kier alpha value is 0.180. The molecule has 0 aliphatic heterocycles. The van der Waals surface area contributed by atoms with E-state index in [1.165, 1.54) is 5.57 Å². The number of likely N-dealkylation sites (N-methyl/N-ethyl adjacent to an activating group) is 1. The van der Waals surface area contributed by atoms with Crippen LogP contribution in [-0.4, -0.2) is 13.6 Å². The van der Waals surface area contributed by atoms with Gasteiger partial charge >= 0.3 is 0 Å². The molecular weight excluding hydrogens is 154 g/mol. The summed E-state index contributed by atoms with van der Waals surface area (Å²) in [5, 5.41) is 3.02. The molecule has 42 valence electrons. The zero-order valence-corrected chi connectivity index (χ0v) is 6.25. The zero-order valence-electron chi connectivity index (χ0n) is 4.66. The molecule has 0 radical (unpaired) electrons. The van der Waals surface area contributed by atoms with Crippen LogP contribution in [0.15, 0.2) is 10.6 Å². The Balaban J connectivity index is 3.17. The highest BCUT2D eigenvalue weighted by Gasteiger charge is 1.79. The molecule has 0 saturated heterocycles. The van der Waals surface area contributed by atoms with Gasteiger partial charge < -0.3 is 5.32 Å². The summed E-state index contributed by atoms with van der Waals surface area (Å²) >= 11 is 3.21. The minimum absolute atomic E-state index is 0.964. The highest BCUT2D eigenvalue weighted by atomic mass is 79.9. The van der Waals surface area contributed by atoms with Crippen LogP contribution < -0.4 is 5.32 Å². The molecule has 7 heavy (non-hydrogen) atoms. The van der Waals surface area contributed by atoms with Crippen molar-refractivity contribution in [2.75, 3.05) is 13.6 Å². The summed E-state index contributed by atoms with van der Waals surface area (Å²) in [7, 11) is 1.93. The number of rotatable bonds is 2. The molecule has 0 amide bonds. The van der Waals surface area contributed by atoms with E-state index in [2.05, 4.69) is 28.2 Å². The average Bonchev–Trinajstić information content (AvgIpc) is 1.68. The van der Waals surface area contributed by atoms with Crippen LogP contribution in [0, 0.1) is 0 Å². The van der Waals surface area contributed by atoms with Crippen LogP contribution >= 0.6 is 15.9 Å². The Bertz CT molecular complexity index is 68.5. The Labute approximate surface area is 52.9 Å². The first-order valence-corrected chi connectivity index (χ1v) is 3.13. The quantitative estimate of drug-likeness (QED) is 0.652. The highest BCUT2D eigenvalue weighted by Crippen LogP contribution is 1.92. The summed E-state index contributed by atoms with van der Waals surface area (Å²) < 4.78 is 0. The summed E-state index contributed by atoms with van der Waals surface area (Å²) in [6.45, 7) is 3.02. The molecule has 0 atom stereocenters. The predicted molar refractivity (Wildman–Crippen MR) is 36.6 cm³/mol. The van der Waals surface area contributed by atoms with E-state index < -0.39 is 0 Å². The van der Waals surface area contributed by atoms with E-state index in [0.717, 1.165) is 6.54 Å². The fourth-order valence-corrected chi connectivity index (χ4v) is 0.479. The van der Waals surface area contributed by atoms with Crippen molar-refractivity contribution in [2.45, 2.75) is 6.92 Å². The van der Waals surface area contributed by atoms with Crippen LogP contribution in [-0.2, 0) is 0 Å². The van der Waals surface area contributed by atoms with Gasteiger partial charge in [-0.1, -0.05) is 21.5 Å². The fraction of sp³-hybridized carbons (Fsp3) is 0.600. The van der Waals surface area contributed by atoms with Gasteiger partial charge in [0.05, 0.1) is 0 Å². The van der Waals surface area contributed by atoms with E-state index in [0.29, 0.717) is 0 Å². The van der Waals surface area contributed by atoms with Crippen LogP contribution in [0.3, 0.4) is 0 Å². The van der Waals surface area contributed by atoms with Crippen LogP contribution in [0.1, 0.15) is 6.92 Å². The summed E-state index contributed by atoms with van der Waals surface area (Å²) in [6.07, 6.45) is 0. The standard InChI is InChI=1S/C5H10BrN/c1-5(3-6)4-7-2/h3,7H,4H2,1-2H3/b5-3+. The SMILES string of the molecule is CNC/C(C)=C/Br. The molecule has 0 aliphatic rings. The molecule has 0 bridgehead atoms. The minimum atomic E-state index is 0.964. The lowest BCUT2D eigenvalue weighted by Gasteiger charge is -1.93. The van der Waals surface area contributed by atoms with Crippen molar-refractivity contribution in [2.24, 2.45) is 0 Å². The molecule has 0 rings (SSSR count). The van der Waals surface area contributed by atoms with Crippen LogP contribution in [0.4, 0.5) is 0 Å². The van der Waals surface area contributed by atoms with Gasteiger partial charge in [-0.05, 0) is 19.0 Å². The predicted octanol–water partition coefficient (Wildman–Crippen LogP) is 1.50. The molecular formula is C5H10BrN. The second-order valence-corrected chi connectivity index (χ2v) is 1.94. The van der Waals surface area contributed by atoms with E-state index in [1.54, 1.807) is 0 Å². The lowest BCUT2D eigenvalue weighted by molar-refractivity contribution is 0.882. The van der Waals surface area contributed by atoms with Gasteiger partial charge in [-0.3, -0.25) is 0 Å². The van der Waals surface area contributed by atoms with Gasteiger partial charge in [-0.25, -0.2) is 0 Å². The van der Waals surface area contributed by atoms with Crippen molar-refractivity contribution >= 4 is 15.9 Å². The van der Waals surface area contributed by atoms with Gasteiger partial charge in [0.25, 0.3) is 0 Å². The van der Waals surface area contributed by atoms with Gasteiger partial charge in [-0.2, -0.15) is 0 Å². The van der Waals surface area contributed by atoms with E-state index in [9.17, 15) is 0 Å². The first-order chi connectivity index (χ1) is 3.31. The molecule has 1 N–H and O–H groups in total. The number of nitrogens with one attached hydrogen (secondary N) is 1. The average molecular weight is 164 g/mol. The molecule has 2 heteroatoms. The van der Waals surface area contributed by atoms with E-state index in [-0.39, 0.29) is 0 Å². The number of hydrogen-bond acceptors (Lipinski definition) is 1. The first kappa shape index (κ1) is 7.18. The fourth-order valence-electron chi connectivity index (χ4n) is 0.317. The molecule has 1 nitrogen and oxygen atoms in total. The molecule has 0 spiro atoms. The molecule has 0 saturated carbocycles. The van der Waals surface area contributed by atoms with Crippen molar-refractivity contribution < 1.29 is 0 Å². The summed E-state index contributed by atoms with van der Waals surface area (Å²) in [4.78, 5) is 1.92. The van der Waals surface area contributed by atoms with E-state index in [4.69, 9.17) is 0 Å². The first-order valence-electron chi connectivity index (χ1n) is 2.21. The van der Waals surface area contributed by atoms with Gasteiger partial charge in [0, 0.05) is 6.54 Å². The van der Waals surface area contributed by atoms with Crippen LogP contribution in [0.25, 0.3) is 0 Å². The molecule has 0 fully saturated rings. The normalized spacial score (nSPS) is 12.1. The lowest BCUT2D eigenvalue weighted by atomic mass is 10.4. The largest absolute Gasteiger partial charge is 0.316 e. The smallest absolute Gasteiger partial charge is 0.0167 e. The van der Waals surface area contributed by atoms with Crippen molar-refractivity contribution in [1.29, 1.82) is 0 Å². The Kier molecular flexibility index (Phi) is 4.45. The lowest BCUT2D eigenvalue weighted by Crippen LogP contribution is -2.07. The second-order valence-electron chi connectivity index (χ2n) is 1.49. The number of halogens is 1. The van der Waals surface area contributed by atoms with E-state index >= 15 is 0 Å². The van der Waals surface area contributed by atoms with Gasteiger partial charge in [0.15, 0.2) is 0 Å². The third-order valence-electron chi connectivity index (χ3n) is 0.642.